The number of fused-ring (bicyclic) bond motifs is 1. The van der Waals surface area contributed by atoms with Gasteiger partial charge in [-0.1, -0.05) is 6.07 Å². The SMILES string of the molecule is COc1cccc2c1CC(CC(C)O)N2C. The monoisotopic (exact) mass is 221 g/mol. The van der Waals surface area contributed by atoms with E-state index in [4.69, 9.17) is 4.74 Å². The Hall–Kier alpha value is -1.22. The molecule has 0 bridgehead atoms. The van der Waals surface area contributed by atoms with Gasteiger partial charge in [0.25, 0.3) is 0 Å². The molecular weight excluding hydrogens is 202 g/mol. The van der Waals surface area contributed by atoms with Gasteiger partial charge in [-0.15, -0.1) is 0 Å². The van der Waals surface area contributed by atoms with E-state index in [1.165, 1.54) is 11.3 Å². The minimum atomic E-state index is -0.257. The fourth-order valence-corrected chi connectivity index (χ4v) is 2.49. The van der Waals surface area contributed by atoms with Gasteiger partial charge < -0.3 is 14.7 Å². The van der Waals surface area contributed by atoms with Gasteiger partial charge in [-0.3, -0.25) is 0 Å². The average Bonchev–Trinajstić information content (AvgIpc) is 2.55. The average molecular weight is 221 g/mol. The lowest BCUT2D eigenvalue weighted by atomic mass is 10.0. The smallest absolute Gasteiger partial charge is 0.124 e. The molecule has 3 heteroatoms. The summed E-state index contributed by atoms with van der Waals surface area (Å²) in [6.07, 6.45) is 1.50. The summed E-state index contributed by atoms with van der Waals surface area (Å²) >= 11 is 0. The number of rotatable bonds is 3. The summed E-state index contributed by atoms with van der Waals surface area (Å²) in [5.74, 6) is 0.956. The lowest BCUT2D eigenvalue weighted by Gasteiger charge is -2.23. The molecule has 0 radical (unpaired) electrons. The van der Waals surface area contributed by atoms with E-state index in [9.17, 15) is 5.11 Å². The van der Waals surface area contributed by atoms with Crippen LogP contribution in [-0.4, -0.2) is 31.4 Å². The molecule has 1 N–H and O–H groups in total. The summed E-state index contributed by atoms with van der Waals surface area (Å²) < 4.78 is 5.37. The summed E-state index contributed by atoms with van der Waals surface area (Å²) in [6.45, 7) is 1.84. The number of aliphatic hydroxyl groups excluding tert-OH is 1. The van der Waals surface area contributed by atoms with Crippen molar-refractivity contribution in [3.63, 3.8) is 0 Å². The molecule has 0 spiro atoms. The molecule has 0 saturated heterocycles. The standard InChI is InChI=1S/C13H19NO2/c1-9(15)7-10-8-11-12(14(10)2)5-4-6-13(11)16-3/h4-6,9-10,15H,7-8H2,1-3H3. The van der Waals surface area contributed by atoms with Gasteiger partial charge in [-0.25, -0.2) is 0 Å². The summed E-state index contributed by atoms with van der Waals surface area (Å²) in [4.78, 5) is 2.24. The highest BCUT2D eigenvalue weighted by Gasteiger charge is 2.29. The number of nitrogens with zero attached hydrogens (tertiary/aromatic N) is 1. The van der Waals surface area contributed by atoms with Gasteiger partial charge >= 0.3 is 0 Å². The zero-order valence-electron chi connectivity index (χ0n) is 10.1. The first-order valence-electron chi connectivity index (χ1n) is 5.70. The Labute approximate surface area is 96.6 Å². The Kier molecular flexibility index (Phi) is 3.06. The van der Waals surface area contributed by atoms with Crippen molar-refractivity contribution in [3.8, 4) is 5.75 Å². The van der Waals surface area contributed by atoms with Crippen LogP contribution in [0.3, 0.4) is 0 Å². The lowest BCUT2D eigenvalue weighted by molar-refractivity contribution is 0.175. The normalized spacial score (nSPS) is 20.8. The van der Waals surface area contributed by atoms with E-state index < -0.39 is 0 Å². The minimum Gasteiger partial charge on any atom is -0.496 e. The molecular formula is C13H19NO2. The van der Waals surface area contributed by atoms with Crippen LogP contribution in [0.2, 0.25) is 0 Å². The summed E-state index contributed by atoms with van der Waals surface area (Å²) in [5, 5.41) is 9.48. The number of hydrogen-bond donors (Lipinski definition) is 1. The molecule has 0 aliphatic carbocycles. The van der Waals surface area contributed by atoms with Crippen molar-refractivity contribution in [2.75, 3.05) is 19.1 Å². The molecule has 1 aromatic rings. The number of ether oxygens (including phenoxy) is 1. The van der Waals surface area contributed by atoms with Crippen molar-refractivity contribution in [1.29, 1.82) is 0 Å². The van der Waals surface area contributed by atoms with Gasteiger partial charge in [0.05, 0.1) is 13.2 Å². The van der Waals surface area contributed by atoms with Crippen LogP contribution in [-0.2, 0) is 6.42 Å². The zero-order chi connectivity index (χ0) is 11.7. The first kappa shape index (κ1) is 11.3. The zero-order valence-corrected chi connectivity index (χ0v) is 10.1. The molecule has 3 nitrogen and oxygen atoms in total. The van der Waals surface area contributed by atoms with Crippen LogP contribution in [0, 0.1) is 0 Å². The van der Waals surface area contributed by atoms with Crippen molar-refractivity contribution in [2.45, 2.75) is 31.9 Å². The lowest BCUT2D eigenvalue weighted by Crippen LogP contribution is -2.30. The Bertz CT molecular complexity index is 376. The fourth-order valence-electron chi connectivity index (χ4n) is 2.49. The Morgan fingerprint density at radius 2 is 2.31 bits per heavy atom. The number of methoxy groups -OCH3 is 1. The first-order chi connectivity index (χ1) is 7.63. The number of aliphatic hydroxyl groups is 1. The van der Waals surface area contributed by atoms with Crippen molar-refractivity contribution in [3.05, 3.63) is 23.8 Å². The number of benzene rings is 1. The van der Waals surface area contributed by atoms with Crippen molar-refractivity contribution in [1.82, 2.24) is 0 Å². The van der Waals surface area contributed by atoms with Crippen LogP contribution in [0.25, 0.3) is 0 Å². The summed E-state index contributed by atoms with van der Waals surface area (Å²) in [6, 6.07) is 6.50. The molecule has 1 aliphatic heterocycles. The number of likely N-dealkylation sites (N-methyl/N-ethyl adjacent to an activating group) is 1. The van der Waals surface area contributed by atoms with Crippen molar-refractivity contribution < 1.29 is 9.84 Å². The molecule has 2 atom stereocenters. The fraction of sp³-hybridized carbons (Fsp3) is 0.538. The third-order valence-electron chi connectivity index (χ3n) is 3.31. The summed E-state index contributed by atoms with van der Waals surface area (Å²) in [7, 11) is 3.79. The highest BCUT2D eigenvalue weighted by molar-refractivity contribution is 5.63. The molecule has 88 valence electrons. The maximum Gasteiger partial charge on any atom is 0.124 e. The first-order valence-corrected chi connectivity index (χ1v) is 5.70. The largest absolute Gasteiger partial charge is 0.496 e. The van der Waals surface area contributed by atoms with Crippen LogP contribution in [0.5, 0.6) is 5.75 Å². The van der Waals surface area contributed by atoms with Gasteiger partial charge in [0, 0.05) is 24.3 Å². The molecule has 0 aromatic heterocycles. The van der Waals surface area contributed by atoms with Gasteiger partial charge in [0.2, 0.25) is 0 Å². The molecule has 16 heavy (non-hydrogen) atoms. The van der Waals surface area contributed by atoms with Crippen LogP contribution in [0.4, 0.5) is 5.69 Å². The molecule has 1 aliphatic rings. The maximum atomic E-state index is 9.48. The van der Waals surface area contributed by atoms with Crippen LogP contribution in [0.15, 0.2) is 18.2 Å². The number of hydrogen-bond acceptors (Lipinski definition) is 3. The number of anilines is 1. The molecule has 2 rings (SSSR count). The van der Waals surface area contributed by atoms with Crippen LogP contribution in [0.1, 0.15) is 18.9 Å². The highest BCUT2D eigenvalue weighted by Crippen LogP contribution is 2.38. The third kappa shape index (κ3) is 1.87. The predicted molar refractivity (Wildman–Crippen MR) is 65.2 cm³/mol. The Morgan fingerprint density at radius 3 is 2.94 bits per heavy atom. The van der Waals surface area contributed by atoms with Gasteiger partial charge in [0.15, 0.2) is 0 Å². The third-order valence-corrected chi connectivity index (χ3v) is 3.31. The maximum absolute atomic E-state index is 9.48. The van der Waals surface area contributed by atoms with Crippen molar-refractivity contribution in [2.24, 2.45) is 0 Å². The van der Waals surface area contributed by atoms with E-state index in [-0.39, 0.29) is 6.10 Å². The Balaban J connectivity index is 2.26. The van der Waals surface area contributed by atoms with Gasteiger partial charge in [0.1, 0.15) is 5.75 Å². The molecule has 0 saturated carbocycles. The molecule has 1 heterocycles. The van der Waals surface area contributed by atoms with E-state index in [2.05, 4.69) is 18.0 Å². The highest BCUT2D eigenvalue weighted by atomic mass is 16.5. The topological polar surface area (TPSA) is 32.7 Å². The predicted octanol–water partition coefficient (Wildman–Crippen LogP) is 1.83. The van der Waals surface area contributed by atoms with Gasteiger partial charge in [-0.2, -0.15) is 0 Å². The van der Waals surface area contributed by atoms with E-state index in [0.717, 1.165) is 18.6 Å². The quantitative estimate of drug-likeness (QED) is 0.845. The Morgan fingerprint density at radius 1 is 1.56 bits per heavy atom. The molecule has 0 amide bonds. The molecule has 1 aromatic carbocycles. The van der Waals surface area contributed by atoms with Crippen LogP contribution < -0.4 is 9.64 Å². The molecule has 2 unspecified atom stereocenters. The van der Waals surface area contributed by atoms with Gasteiger partial charge in [-0.05, 0) is 31.9 Å². The van der Waals surface area contributed by atoms with E-state index >= 15 is 0 Å². The molecule has 0 fully saturated rings. The second kappa shape index (κ2) is 4.34. The van der Waals surface area contributed by atoms with E-state index in [0.29, 0.717) is 6.04 Å². The van der Waals surface area contributed by atoms with E-state index in [1.54, 1.807) is 7.11 Å². The van der Waals surface area contributed by atoms with E-state index in [1.807, 2.05) is 19.1 Å². The minimum absolute atomic E-state index is 0.257. The summed E-state index contributed by atoms with van der Waals surface area (Å²) in [5.41, 5.74) is 2.49. The second-order valence-corrected chi connectivity index (χ2v) is 4.51. The second-order valence-electron chi connectivity index (χ2n) is 4.51. The van der Waals surface area contributed by atoms with Crippen molar-refractivity contribution >= 4 is 5.69 Å². The van der Waals surface area contributed by atoms with Crippen LogP contribution >= 0.6 is 0 Å².